The first-order chi connectivity index (χ1) is 7.66. The van der Waals surface area contributed by atoms with Crippen LogP contribution in [0, 0.1) is 20.8 Å². The Kier molecular flexibility index (Phi) is 2.91. The Bertz CT molecular complexity index is 504. The first-order valence-corrected chi connectivity index (χ1v) is 5.43. The Morgan fingerprint density at radius 1 is 1.06 bits per heavy atom. The van der Waals surface area contributed by atoms with Crippen LogP contribution in [0.2, 0.25) is 0 Å². The van der Waals surface area contributed by atoms with E-state index in [-0.39, 0.29) is 0 Å². The molecular weight excluding hydrogens is 196 g/mol. The number of aromatic nitrogens is 1. The monoisotopic (exact) mass is 212 g/mol. The summed E-state index contributed by atoms with van der Waals surface area (Å²) in [6, 6.07) is 10.3. The number of hydrogen-bond acceptors (Lipinski definition) is 2. The summed E-state index contributed by atoms with van der Waals surface area (Å²) in [5.41, 5.74) is 4.89. The summed E-state index contributed by atoms with van der Waals surface area (Å²) in [5.74, 6) is 0.897. The summed E-state index contributed by atoms with van der Waals surface area (Å²) in [6.07, 6.45) is 1.82. The fraction of sp³-hybridized carbons (Fsp3) is 0.214. The maximum absolute atomic E-state index is 4.29. The van der Waals surface area contributed by atoms with Crippen molar-refractivity contribution in [2.75, 3.05) is 5.32 Å². The average molecular weight is 212 g/mol. The second kappa shape index (κ2) is 4.35. The minimum absolute atomic E-state index is 0.897. The highest BCUT2D eigenvalue weighted by Crippen LogP contribution is 2.21. The summed E-state index contributed by atoms with van der Waals surface area (Å²) >= 11 is 0. The summed E-state index contributed by atoms with van der Waals surface area (Å²) in [5, 5.41) is 3.34. The Hall–Kier alpha value is -1.83. The second-order valence-electron chi connectivity index (χ2n) is 4.09. The molecule has 0 fully saturated rings. The zero-order valence-corrected chi connectivity index (χ0v) is 9.91. The minimum Gasteiger partial charge on any atom is -0.340 e. The SMILES string of the molecule is Cc1ccnc(Nc2cccc(C)c2C)c1. The van der Waals surface area contributed by atoms with E-state index in [9.17, 15) is 0 Å². The molecule has 0 atom stereocenters. The average Bonchev–Trinajstić information content (AvgIpc) is 2.25. The van der Waals surface area contributed by atoms with E-state index in [1.807, 2.05) is 18.3 Å². The summed E-state index contributed by atoms with van der Waals surface area (Å²) in [6.45, 7) is 6.30. The van der Waals surface area contributed by atoms with E-state index in [2.05, 4.69) is 49.3 Å². The zero-order valence-electron chi connectivity index (χ0n) is 9.91. The van der Waals surface area contributed by atoms with E-state index in [1.54, 1.807) is 0 Å². The number of rotatable bonds is 2. The summed E-state index contributed by atoms with van der Waals surface area (Å²) in [4.78, 5) is 4.29. The van der Waals surface area contributed by atoms with Crippen molar-refractivity contribution in [1.82, 2.24) is 4.98 Å². The molecule has 0 saturated carbocycles. The van der Waals surface area contributed by atoms with Crippen molar-refractivity contribution >= 4 is 11.5 Å². The lowest BCUT2D eigenvalue weighted by atomic mass is 10.1. The predicted molar refractivity (Wildman–Crippen MR) is 68.2 cm³/mol. The number of nitrogens with one attached hydrogen (secondary N) is 1. The van der Waals surface area contributed by atoms with Crippen molar-refractivity contribution < 1.29 is 0 Å². The number of aryl methyl sites for hydroxylation is 2. The first kappa shape index (κ1) is 10.7. The Morgan fingerprint density at radius 2 is 1.88 bits per heavy atom. The van der Waals surface area contributed by atoms with Crippen molar-refractivity contribution in [3.8, 4) is 0 Å². The molecule has 0 radical (unpaired) electrons. The van der Waals surface area contributed by atoms with Gasteiger partial charge in [0.15, 0.2) is 0 Å². The van der Waals surface area contributed by atoms with Crippen LogP contribution in [0.1, 0.15) is 16.7 Å². The lowest BCUT2D eigenvalue weighted by molar-refractivity contribution is 1.25. The maximum Gasteiger partial charge on any atom is 0.130 e. The van der Waals surface area contributed by atoms with Gasteiger partial charge in [0.1, 0.15) is 5.82 Å². The van der Waals surface area contributed by atoms with Gasteiger partial charge in [-0.2, -0.15) is 0 Å². The van der Waals surface area contributed by atoms with Crippen LogP contribution in [-0.2, 0) is 0 Å². The highest BCUT2D eigenvalue weighted by Gasteiger charge is 2.01. The molecular formula is C14H16N2. The fourth-order valence-corrected chi connectivity index (χ4v) is 1.63. The molecule has 1 N–H and O–H groups in total. The van der Waals surface area contributed by atoms with Crippen LogP contribution in [0.5, 0.6) is 0 Å². The molecule has 1 aromatic heterocycles. The molecule has 0 aliphatic heterocycles. The molecule has 0 aliphatic carbocycles. The topological polar surface area (TPSA) is 24.9 Å². The molecule has 0 amide bonds. The van der Waals surface area contributed by atoms with Crippen LogP contribution in [0.4, 0.5) is 11.5 Å². The molecule has 16 heavy (non-hydrogen) atoms. The second-order valence-corrected chi connectivity index (χ2v) is 4.09. The minimum atomic E-state index is 0.897. The summed E-state index contributed by atoms with van der Waals surface area (Å²) < 4.78 is 0. The quantitative estimate of drug-likeness (QED) is 0.820. The Labute approximate surface area is 96.4 Å². The number of pyridine rings is 1. The molecule has 82 valence electrons. The van der Waals surface area contributed by atoms with Crippen molar-refractivity contribution in [3.63, 3.8) is 0 Å². The summed E-state index contributed by atoms with van der Waals surface area (Å²) in [7, 11) is 0. The lowest BCUT2D eigenvalue weighted by Crippen LogP contribution is -1.96. The normalized spacial score (nSPS) is 10.2. The van der Waals surface area contributed by atoms with E-state index in [1.165, 1.54) is 16.7 Å². The molecule has 0 saturated heterocycles. The van der Waals surface area contributed by atoms with Gasteiger partial charge in [-0.1, -0.05) is 12.1 Å². The van der Waals surface area contributed by atoms with E-state index < -0.39 is 0 Å². The van der Waals surface area contributed by atoms with Gasteiger partial charge in [0.05, 0.1) is 0 Å². The molecule has 0 bridgehead atoms. The molecule has 2 nitrogen and oxygen atoms in total. The molecule has 0 aliphatic rings. The molecule has 1 heterocycles. The van der Waals surface area contributed by atoms with Crippen LogP contribution in [0.15, 0.2) is 36.5 Å². The van der Waals surface area contributed by atoms with Crippen molar-refractivity contribution in [2.45, 2.75) is 20.8 Å². The highest BCUT2D eigenvalue weighted by molar-refractivity contribution is 5.62. The van der Waals surface area contributed by atoms with Crippen LogP contribution >= 0.6 is 0 Å². The molecule has 2 rings (SSSR count). The molecule has 2 aromatic rings. The van der Waals surface area contributed by atoms with Gasteiger partial charge >= 0.3 is 0 Å². The van der Waals surface area contributed by atoms with Gasteiger partial charge in [-0.3, -0.25) is 0 Å². The van der Waals surface area contributed by atoms with Gasteiger partial charge in [-0.05, 0) is 55.7 Å². The standard InChI is InChI=1S/C14H16N2/c1-10-7-8-15-14(9-10)16-13-6-4-5-11(2)12(13)3/h4-9H,1-3H3,(H,15,16). The van der Waals surface area contributed by atoms with E-state index in [0.29, 0.717) is 0 Å². The number of nitrogens with zero attached hydrogens (tertiary/aromatic N) is 1. The van der Waals surface area contributed by atoms with E-state index in [4.69, 9.17) is 0 Å². The van der Waals surface area contributed by atoms with Gasteiger partial charge in [0, 0.05) is 11.9 Å². The van der Waals surface area contributed by atoms with Crippen LogP contribution in [0.25, 0.3) is 0 Å². The van der Waals surface area contributed by atoms with Crippen molar-refractivity contribution in [2.24, 2.45) is 0 Å². The van der Waals surface area contributed by atoms with E-state index in [0.717, 1.165) is 11.5 Å². The van der Waals surface area contributed by atoms with E-state index >= 15 is 0 Å². The van der Waals surface area contributed by atoms with Gasteiger partial charge in [-0.25, -0.2) is 4.98 Å². The van der Waals surface area contributed by atoms with Crippen LogP contribution in [0.3, 0.4) is 0 Å². The Balaban J connectivity index is 2.31. The number of hydrogen-bond donors (Lipinski definition) is 1. The molecule has 1 aromatic carbocycles. The van der Waals surface area contributed by atoms with Crippen LogP contribution in [-0.4, -0.2) is 4.98 Å². The van der Waals surface area contributed by atoms with Gasteiger partial charge < -0.3 is 5.32 Å². The van der Waals surface area contributed by atoms with Gasteiger partial charge in [-0.15, -0.1) is 0 Å². The predicted octanol–water partition coefficient (Wildman–Crippen LogP) is 3.75. The largest absolute Gasteiger partial charge is 0.340 e. The molecule has 0 unspecified atom stereocenters. The van der Waals surface area contributed by atoms with Gasteiger partial charge in [0.25, 0.3) is 0 Å². The maximum atomic E-state index is 4.29. The number of benzene rings is 1. The number of anilines is 2. The third-order valence-corrected chi connectivity index (χ3v) is 2.78. The molecule has 2 heteroatoms. The first-order valence-electron chi connectivity index (χ1n) is 5.43. The fourth-order valence-electron chi connectivity index (χ4n) is 1.63. The molecule has 0 spiro atoms. The highest BCUT2D eigenvalue weighted by atomic mass is 15.0. The van der Waals surface area contributed by atoms with Crippen LogP contribution < -0.4 is 5.32 Å². The Morgan fingerprint density at radius 3 is 2.62 bits per heavy atom. The van der Waals surface area contributed by atoms with Crippen molar-refractivity contribution in [3.05, 3.63) is 53.2 Å². The smallest absolute Gasteiger partial charge is 0.130 e. The van der Waals surface area contributed by atoms with Crippen molar-refractivity contribution in [1.29, 1.82) is 0 Å². The third kappa shape index (κ3) is 2.22. The zero-order chi connectivity index (χ0) is 11.5. The van der Waals surface area contributed by atoms with Gasteiger partial charge in [0.2, 0.25) is 0 Å². The lowest BCUT2D eigenvalue weighted by Gasteiger charge is -2.10. The third-order valence-electron chi connectivity index (χ3n) is 2.78.